The number of hydrogen-bond acceptors (Lipinski definition) is 5. The van der Waals surface area contributed by atoms with Gasteiger partial charge in [0.1, 0.15) is 11.3 Å². The zero-order valence-electron chi connectivity index (χ0n) is 18.9. The molecule has 0 bridgehead atoms. The third-order valence-electron chi connectivity index (χ3n) is 7.47. The molecular weight excluding hydrogens is 501 g/mol. The highest BCUT2D eigenvalue weighted by Gasteiger charge is 2.70. The average Bonchev–Trinajstić information content (AvgIpc) is 3.43. The largest absolute Gasteiger partial charge is 0.508 e. The van der Waals surface area contributed by atoms with E-state index in [0.29, 0.717) is 33.3 Å². The van der Waals surface area contributed by atoms with E-state index in [-0.39, 0.29) is 18.2 Å². The summed E-state index contributed by atoms with van der Waals surface area (Å²) >= 11 is 12.7. The highest BCUT2D eigenvalue weighted by molar-refractivity contribution is 6.35. The summed E-state index contributed by atoms with van der Waals surface area (Å²) in [5.74, 6) is -2.77. The number of anilines is 1. The van der Waals surface area contributed by atoms with Crippen molar-refractivity contribution in [1.29, 1.82) is 0 Å². The molecule has 0 saturated carbocycles. The highest BCUT2D eigenvalue weighted by Crippen LogP contribution is 2.54. The molecule has 2 saturated heterocycles. The first-order valence-corrected chi connectivity index (χ1v) is 12.3. The third kappa shape index (κ3) is 3.27. The van der Waals surface area contributed by atoms with Crippen LogP contribution in [0.2, 0.25) is 10.0 Å². The minimum absolute atomic E-state index is 0.0242. The smallest absolute Gasteiger partial charge is 0.250 e. The third-order valence-corrected chi connectivity index (χ3v) is 8.15. The van der Waals surface area contributed by atoms with Gasteiger partial charge in [-0.25, -0.2) is 0 Å². The van der Waals surface area contributed by atoms with Crippen LogP contribution < -0.4 is 10.6 Å². The van der Waals surface area contributed by atoms with Gasteiger partial charge in [0.05, 0.1) is 29.1 Å². The van der Waals surface area contributed by atoms with Crippen LogP contribution in [-0.2, 0) is 32.9 Å². The molecule has 3 aromatic carbocycles. The van der Waals surface area contributed by atoms with Gasteiger partial charge < -0.3 is 10.4 Å². The lowest BCUT2D eigenvalue weighted by Gasteiger charge is -2.29. The van der Waals surface area contributed by atoms with Gasteiger partial charge in [0.2, 0.25) is 17.7 Å². The standard InChI is InChI=1S/C27H21Cl2N3O4/c28-18-6-2-1-4-15(18)13-32-24(34)21-20(12-14-8-10-16(33)11-9-14)31-27(22(21)25(32)35)17-5-3-7-19(29)23(17)30-26(27)36/h1-11,20-22,31,33H,12-13H2,(H,30,36)/t20-,21-,22+,27+/m1/s1. The maximum atomic E-state index is 13.9. The fourth-order valence-corrected chi connectivity index (χ4v) is 6.28. The number of fused-ring (bicyclic) bond motifs is 4. The number of para-hydroxylation sites is 1. The number of amides is 3. The molecule has 36 heavy (non-hydrogen) atoms. The zero-order chi connectivity index (χ0) is 25.2. The van der Waals surface area contributed by atoms with Gasteiger partial charge in [0.15, 0.2) is 0 Å². The van der Waals surface area contributed by atoms with Crippen LogP contribution >= 0.6 is 23.2 Å². The summed E-state index contributed by atoms with van der Waals surface area (Å²) in [6.45, 7) is 0.0242. The molecule has 3 heterocycles. The fourth-order valence-electron chi connectivity index (χ4n) is 5.87. The lowest BCUT2D eigenvalue weighted by Crippen LogP contribution is -2.53. The fraction of sp³-hybridized carbons (Fsp3) is 0.222. The van der Waals surface area contributed by atoms with Crippen LogP contribution in [0.15, 0.2) is 66.7 Å². The molecule has 0 unspecified atom stereocenters. The molecule has 3 amide bonds. The summed E-state index contributed by atoms with van der Waals surface area (Å²) in [6.07, 6.45) is 0.380. The monoisotopic (exact) mass is 521 g/mol. The van der Waals surface area contributed by atoms with Crippen LogP contribution in [0, 0.1) is 11.8 Å². The van der Waals surface area contributed by atoms with Gasteiger partial charge in [0, 0.05) is 16.6 Å². The SMILES string of the molecule is O=C1[C@H]2[C@@H](C(=O)N1Cc1ccccc1Cl)[C@]1(N[C@@H]2Cc2ccc(O)cc2)C(=O)Nc2c(Cl)cccc21. The molecule has 182 valence electrons. The minimum atomic E-state index is -1.44. The first kappa shape index (κ1) is 23.0. The lowest BCUT2D eigenvalue weighted by atomic mass is 9.76. The highest BCUT2D eigenvalue weighted by atomic mass is 35.5. The Kier molecular flexibility index (Phi) is 5.33. The summed E-state index contributed by atoms with van der Waals surface area (Å²) in [5, 5.41) is 16.7. The Labute approximate surface area is 217 Å². The second-order valence-electron chi connectivity index (χ2n) is 9.40. The minimum Gasteiger partial charge on any atom is -0.508 e. The number of phenolic OH excluding ortho intramolecular Hbond substituents is 1. The van der Waals surface area contributed by atoms with Crippen molar-refractivity contribution in [1.82, 2.24) is 10.2 Å². The molecule has 9 heteroatoms. The Balaban J connectivity index is 1.45. The van der Waals surface area contributed by atoms with Crippen LogP contribution in [0.3, 0.4) is 0 Å². The molecule has 6 rings (SSSR count). The molecule has 3 N–H and O–H groups in total. The van der Waals surface area contributed by atoms with E-state index in [4.69, 9.17) is 23.2 Å². The van der Waals surface area contributed by atoms with E-state index in [0.717, 1.165) is 5.56 Å². The number of imide groups is 1. The molecule has 3 aliphatic rings. The van der Waals surface area contributed by atoms with Crippen molar-refractivity contribution in [3.05, 3.63) is 93.5 Å². The number of aromatic hydroxyl groups is 1. The maximum absolute atomic E-state index is 13.9. The molecule has 4 atom stereocenters. The molecule has 7 nitrogen and oxygen atoms in total. The van der Waals surface area contributed by atoms with Crippen molar-refractivity contribution in [2.75, 3.05) is 5.32 Å². The molecule has 0 aliphatic carbocycles. The Bertz CT molecular complexity index is 1430. The normalized spacial score (nSPS) is 26.4. The number of halogens is 2. The number of rotatable bonds is 4. The first-order valence-electron chi connectivity index (χ1n) is 11.6. The topological polar surface area (TPSA) is 98.7 Å². The molecule has 2 fully saturated rings. The number of benzene rings is 3. The Morgan fingerprint density at radius 1 is 0.889 bits per heavy atom. The molecule has 3 aliphatic heterocycles. The van der Waals surface area contributed by atoms with E-state index in [2.05, 4.69) is 10.6 Å². The zero-order valence-corrected chi connectivity index (χ0v) is 20.4. The Hall–Kier alpha value is -3.39. The number of nitrogens with zero attached hydrogens (tertiary/aromatic N) is 1. The Morgan fingerprint density at radius 3 is 2.36 bits per heavy atom. The Morgan fingerprint density at radius 2 is 1.61 bits per heavy atom. The van der Waals surface area contributed by atoms with Crippen molar-refractivity contribution < 1.29 is 19.5 Å². The predicted octanol–water partition coefficient (Wildman–Crippen LogP) is 3.86. The second kappa shape index (κ2) is 8.34. The molecule has 0 aromatic heterocycles. The second-order valence-corrected chi connectivity index (χ2v) is 10.2. The number of nitrogens with one attached hydrogen (secondary N) is 2. The van der Waals surface area contributed by atoms with E-state index in [9.17, 15) is 19.5 Å². The van der Waals surface area contributed by atoms with Gasteiger partial charge in [0.25, 0.3) is 0 Å². The number of carbonyl (C=O) groups excluding carboxylic acids is 3. The van der Waals surface area contributed by atoms with Crippen molar-refractivity contribution in [2.24, 2.45) is 11.8 Å². The number of likely N-dealkylation sites (tertiary alicyclic amines) is 1. The average molecular weight is 522 g/mol. The van der Waals surface area contributed by atoms with Crippen LogP contribution in [0.1, 0.15) is 16.7 Å². The van der Waals surface area contributed by atoms with Crippen molar-refractivity contribution in [2.45, 2.75) is 24.5 Å². The number of hydrogen-bond donors (Lipinski definition) is 3. The van der Waals surface area contributed by atoms with Gasteiger partial charge in [-0.1, -0.05) is 65.7 Å². The van der Waals surface area contributed by atoms with Crippen molar-refractivity contribution in [3.63, 3.8) is 0 Å². The van der Waals surface area contributed by atoms with Crippen LogP contribution in [-0.4, -0.2) is 33.8 Å². The molecule has 0 radical (unpaired) electrons. The van der Waals surface area contributed by atoms with Crippen molar-refractivity contribution in [3.8, 4) is 5.75 Å². The van der Waals surface area contributed by atoms with E-state index in [1.807, 2.05) is 0 Å². The van der Waals surface area contributed by atoms with Gasteiger partial charge in [-0.3, -0.25) is 24.6 Å². The van der Waals surface area contributed by atoms with E-state index in [1.165, 1.54) is 4.90 Å². The van der Waals surface area contributed by atoms with E-state index < -0.39 is 35.2 Å². The number of phenols is 1. The summed E-state index contributed by atoms with van der Waals surface area (Å²) in [6, 6.07) is 18.4. The predicted molar refractivity (Wildman–Crippen MR) is 134 cm³/mol. The van der Waals surface area contributed by atoms with Crippen molar-refractivity contribution >= 4 is 46.6 Å². The first-order chi connectivity index (χ1) is 17.3. The van der Waals surface area contributed by atoms with Crippen LogP contribution in [0.4, 0.5) is 5.69 Å². The van der Waals surface area contributed by atoms with E-state index >= 15 is 0 Å². The van der Waals surface area contributed by atoms with Gasteiger partial charge in [-0.15, -0.1) is 0 Å². The summed E-state index contributed by atoms with van der Waals surface area (Å²) in [7, 11) is 0. The maximum Gasteiger partial charge on any atom is 0.250 e. The quantitative estimate of drug-likeness (QED) is 0.452. The van der Waals surface area contributed by atoms with Crippen LogP contribution in [0.5, 0.6) is 5.75 Å². The molecule has 3 aromatic rings. The molecular formula is C27H21Cl2N3O4. The summed E-state index contributed by atoms with van der Waals surface area (Å²) in [5.41, 5.74) is 1.08. The number of carbonyl (C=O) groups is 3. The molecule has 1 spiro atoms. The van der Waals surface area contributed by atoms with Crippen LogP contribution in [0.25, 0.3) is 0 Å². The lowest BCUT2D eigenvalue weighted by molar-refractivity contribution is -0.143. The summed E-state index contributed by atoms with van der Waals surface area (Å²) < 4.78 is 0. The van der Waals surface area contributed by atoms with E-state index in [1.54, 1.807) is 66.7 Å². The summed E-state index contributed by atoms with van der Waals surface area (Å²) in [4.78, 5) is 42.6. The van der Waals surface area contributed by atoms with Gasteiger partial charge >= 0.3 is 0 Å². The van der Waals surface area contributed by atoms with Gasteiger partial charge in [-0.2, -0.15) is 0 Å². The van der Waals surface area contributed by atoms with Gasteiger partial charge in [-0.05, 0) is 41.8 Å².